The van der Waals surface area contributed by atoms with E-state index >= 15 is 0 Å². The Morgan fingerprint density at radius 2 is 2.00 bits per heavy atom. The fourth-order valence-electron chi connectivity index (χ4n) is 2.50. The summed E-state index contributed by atoms with van der Waals surface area (Å²) in [5, 5.41) is 13.9. The molecular formula is C18H19N5O3. The summed E-state index contributed by atoms with van der Waals surface area (Å²) in [5.41, 5.74) is 3.49. The first-order chi connectivity index (χ1) is 12.6. The third-order valence-corrected chi connectivity index (χ3v) is 3.75. The predicted octanol–water partition coefficient (Wildman–Crippen LogP) is 2.31. The van der Waals surface area contributed by atoms with E-state index in [2.05, 4.69) is 20.8 Å². The summed E-state index contributed by atoms with van der Waals surface area (Å²) in [6, 6.07) is 11.0. The maximum absolute atomic E-state index is 12.2. The Hall–Kier alpha value is -3.42. The number of nitrogens with one attached hydrogen (secondary N) is 1. The van der Waals surface area contributed by atoms with E-state index in [-0.39, 0.29) is 12.5 Å². The molecule has 1 aromatic heterocycles. The second-order valence-electron chi connectivity index (χ2n) is 5.75. The summed E-state index contributed by atoms with van der Waals surface area (Å²) in [6.45, 7) is 3.76. The van der Waals surface area contributed by atoms with Crippen molar-refractivity contribution in [2.24, 2.45) is 0 Å². The van der Waals surface area contributed by atoms with E-state index in [9.17, 15) is 4.79 Å². The molecule has 0 aliphatic heterocycles. The zero-order valence-electron chi connectivity index (χ0n) is 14.8. The van der Waals surface area contributed by atoms with Gasteiger partial charge in [-0.25, -0.2) is 4.68 Å². The quantitative estimate of drug-likeness (QED) is 0.731. The average Bonchev–Trinajstić information content (AvgIpc) is 3.15. The Kier molecular flexibility index (Phi) is 5.12. The lowest BCUT2D eigenvalue weighted by Gasteiger charge is -2.12. The Morgan fingerprint density at radius 1 is 1.15 bits per heavy atom. The smallest absolute Gasteiger partial charge is 0.262 e. The van der Waals surface area contributed by atoms with Crippen molar-refractivity contribution in [3.8, 4) is 17.2 Å². The molecule has 134 valence electrons. The molecule has 26 heavy (non-hydrogen) atoms. The lowest BCUT2D eigenvalue weighted by molar-refractivity contribution is -0.118. The number of rotatable bonds is 6. The second kappa shape index (κ2) is 7.64. The van der Waals surface area contributed by atoms with Gasteiger partial charge in [-0.15, -0.1) is 5.10 Å². The van der Waals surface area contributed by atoms with Crippen molar-refractivity contribution in [1.29, 1.82) is 0 Å². The first-order valence-corrected chi connectivity index (χ1v) is 7.98. The molecule has 1 heterocycles. The van der Waals surface area contributed by atoms with Gasteiger partial charge in [0.2, 0.25) is 0 Å². The minimum atomic E-state index is -0.262. The molecule has 0 unspecified atom stereocenters. The van der Waals surface area contributed by atoms with E-state index in [0.29, 0.717) is 17.2 Å². The minimum absolute atomic E-state index is 0.118. The van der Waals surface area contributed by atoms with Gasteiger partial charge in [-0.3, -0.25) is 4.79 Å². The molecule has 0 aliphatic carbocycles. The van der Waals surface area contributed by atoms with Crippen LogP contribution < -0.4 is 14.8 Å². The maximum Gasteiger partial charge on any atom is 0.262 e. The minimum Gasteiger partial charge on any atom is -0.493 e. The SMILES string of the molecule is COc1cc(C)ccc1OCC(=O)Nc1ccc(-n2cnnn2)c(C)c1. The van der Waals surface area contributed by atoms with Crippen LogP contribution in [0.3, 0.4) is 0 Å². The maximum atomic E-state index is 12.2. The van der Waals surface area contributed by atoms with Gasteiger partial charge in [-0.2, -0.15) is 0 Å². The molecule has 0 fully saturated rings. The van der Waals surface area contributed by atoms with Crippen molar-refractivity contribution in [2.75, 3.05) is 19.0 Å². The molecule has 0 saturated heterocycles. The third kappa shape index (κ3) is 3.97. The Bertz CT molecular complexity index is 909. The highest BCUT2D eigenvalue weighted by Gasteiger charge is 2.10. The first-order valence-electron chi connectivity index (χ1n) is 7.98. The van der Waals surface area contributed by atoms with Crippen LogP contribution in [-0.4, -0.2) is 39.8 Å². The van der Waals surface area contributed by atoms with Gasteiger partial charge < -0.3 is 14.8 Å². The normalized spacial score (nSPS) is 10.4. The van der Waals surface area contributed by atoms with E-state index in [1.807, 2.05) is 38.1 Å². The van der Waals surface area contributed by atoms with Crippen LogP contribution in [0.2, 0.25) is 0 Å². The molecule has 0 atom stereocenters. The fraction of sp³-hybridized carbons (Fsp3) is 0.222. The molecule has 2 aromatic carbocycles. The number of nitrogens with zero attached hydrogens (tertiary/aromatic N) is 4. The summed E-state index contributed by atoms with van der Waals surface area (Å²) in [4.78, 5) is 12.2. The largest absolute Gasteiger partial charge is 0.493 e. The molecule has 0 bridgehead atoms. The number of amides is 1. The zero-order valence-corrected chi connectivity index (χ0v) is 14.8. The summed E-state index contributed by atoms with van der Waals surface area (Å²) in [6.07, 6.45) is 1.52. The number of carbonyl (C=O) groups is 1. The predicted molar refractivity (Wildman–Crippen MR) is 95.7 cm³/mol. The number of ether oxygens (including phenoxy) is 2. The number of aryl methyl sites for hydroxylation is 2. The molecule has 3 rings (SSSR count). The monoisotopic (exact) mass is 353 g/mol. The van der Waals surface area contributed by atoms with Crippen molar-refractivity contribution >= 4 is 11.6 Å². The fourth-order valence-corrected chi connectivity index (χ4v) is 2.50. The first kappa shape index (κ1) is 17.4. The highest BCUT2D eigenvalue weighted by Crippen LogP contribution is 2.27. The number of benzene rings is 2. The van der Waals surface area contributed by atoms with Crippen LogP contribution in [0.15, 0.2) is 42.7 Å². The molecule has 8 heteroatoms. The topological polar surface area (TPSA) is 91.2 Å². The summed E-state index contributed by atoms with van der Waals surface area (Å²) < 4.78 is 12.4. The van der Waals surface area contributed by atoms with Crippen molar-refractivity contribution < 1.29 is 14.3 Å². The van der Waals surface area contributed by atoms with Gasteiger partial charge in [-0.05, 0) is 65.7 Å². The molecular weight excluding hydrogens is 334 g/mol. The highest BCUT2D eigenvalue weighted by atomic mass is 16.5. The van der Waals surface area contributed by atoms with Gasteiger partial charge in [0.15, 0.2) is 18.1 Å². The van der Waals surface area contributed by atoms with Crippen LogP contribution in [0.5, 0.6) is 11.5 Å². The number of aromatic nitrogens is 4. The summed E-state index contributed by atoms with van der Waals surface area (Å²) in [7, 11) is 1.57. The lowest BCUT2D eigenvalue weighted by atomic mass is 10.2. The van der Waals surface area contributed by atoms with Crippen molar-refractivity contribution in [2.45, 2.75) is 13.8 Å². The second-order valence-corrected chi connectivity index (χ2v) is 5.75. The number of methoxy groups -OCH3 is 1. The van der Waals surface area contributed by atoms with Gasteiger partial charge in [0.25, 0.3) is 5.91 Å². The number of anilines is 1. The molecule has 0 saturated carbocycles. The van der Waals surface area contributed by atoms with E-state index in [0.717, 1.165) is 16.8 Å². The molecule has 8 nitrogen and oxygen atoms in total. The highest BCUT2D eigenvalue weighted by molar-refractivity contribution is 5.92. The number of hydrogen-bond acceptors (Lipinski definition) is 6. The summed E-state index contributed by atoms with van der Waals surface area (Å²) >= 11 is 0. The van der Waals surface area contributed by atoms with E-state index in [4.69, 9.17) is 9.47 Å². The van der Waals surface area contributed by atoms with Crippen LogP contribution in [0, 0.1) is 13.8 Å². The standard InChI is InChI=1S/C18H19N5O3/c1-12-4-7-16(17(8-12)25-3)26-10-18(24)20-14-5-6-15(13(2)9-14)23-11-19-21-22-23/h4-9,11H,10H2,1-3H3,(H,20,24). The molecule has 0 aliphatic rings. The van der Waals surface area contributed by atoms with Crippen molar-refractivity contribution in [3.05, 3.63) is 53.9 Å². The van der Waals surface area contributed by atoms with Crippen LogP contribution >= 0.6 is 0 Å². The third-order valence-electron chi connectivity index (χ3n) is 3.75. The van der Waals surface area contributed by atoms with Crippen LogP contribution in [0.1, 0.15) is 11.1 Å². The number of hydrogen-bond donors (Lipinski definition) is 1. The molecule has 1 N–H and O–H groups in total. The van der Waals surface area contributed by atoms with E-state index < -0.39 is 0 Å². The van der Waals surface area contributed by atoms with Crippen molar-refractivity contribution in [3.63, 3.8) is 0 Å². The number of tetrazole rings is 1. The van der Waals surface area contributed by atoms with E-state index in [1.165, 1.54) is 6.33 Å². The lowest BCUT2D eigenvalue weighted by Crippen LogP contribution is -2.20. The summed E-state index contributed by atoms with van der Waals surface area (Å²) in [5.74, 6) is 0.861. The van der Waals surface area contributed by atoms with Gasteiger partial charge in [0, 0.05) is 5.69 Å². The van der Waals surface area contributed by atoms with Gasteiger partial charge >= 0.3 is 0 Å². The zero-order chi connectivity index (χ0) is 18.5. The Balaban J connectivity index is 1.63. The van der Waals surface area contributed by atoms with Crippen LogP contribution in [-0.2, 0) is 4.79 Å². The van der Waals surface area contributed by atoms with Crippen molar-refractivity contribution in [1.82, 2.24) is 20.2 Å². The van der Waals surface area contributed by atoms with Crippen LogP contribution in [0.4, 0.5) is 5.69 Å². The average molecular weight is 353 g/mol. The van der Waals surface area contributed by atoms with Crippen LogP contribution in [0.25, 0.3) is 5.69 Å². The van der Waals surface area contributed by atoms with Gasteiger partial charge in [-0.1, -0.05) is 6.07 Å². The molecule has 0 spiro atoms. The Morgan fingerprint density at radius 3 is 2.69 bits per heavy atom. The molecule has 0 radical (unpaired) electrons. The number of carbonyl (C=O) groups excluding carboxylic acids is 1. The van der Waals surface area contributed by atoms with Gasteiger partial charge in [0.05, 0.1) is 12.8 Å². The molecule has 1 amide bonds. The van der Waals surface area contributed by atoms with E-state index in [1.54, 1.807) is 23.9 Å². The molecule has 3 aromatic rings. The van der Waals surface area contributed by atoms with Gasteiger partial charge in [0.1, 0.15) is 6.33 Å². The Labute approximate surface area is 150 Å².